The third-order valence-corrected chi connectivity index (χ3v) is 3.71. The van der Waals surface area contributed by atoms with E-state index in [1.165, 1.54) is 18.3 Å². The molecular formula is C15H12F3NO3S. The van der Waals surface area contributed by atoms with Crippen molar-refractivity contribution < 1.29 is 27.5 Å². The van der Waals surface area contributed by atoms with E-state index in [2.05, 4.69) is 5.32 Å². The average molecular weight is 343 g/mol. The topological polar surface area (TPSA) is 55.4 Å². The van der Waals surface area contributed by atoms with Gasteiger partial charge in [-0.1, -0.05) is 6.07 Å². The smallest absolute Gasteiger partial charge is 0.416 e. The number of amides is 1. The molecule has 0 spiro atoms. The Labute approximate surface area is 133 Å². The van der Waals surface area contributed by atoms with Gasteiger partial charge in [-0.3, -0.25) is 4.79 Å². The van der Waals surface area contributed by atoms with E-state index in [9.17, 15) is 22.8 Å². The lowest BCUT2D eigenvalue weighted by Gasteiger charge is -2.13. The van der Waals surface area contributed by atoms with E-state index in [0.29, 0.717) is 4.88 Å². The van der Waals surface area contributed by atoms with Crippen LogP contribution >= 0.6 is 11.3 Å². The number of hydrogen-bond acceptors (Lipinski definition) is 4. The molecule has 0 saturated heterocycles. The molecule has 1 aromatic heterocycles. The van der Waals surface area contributed by atoms with Crippen LogP contribution in [0, 0.1) is 0 Å². The van der Waals surface area contributed by atoms with Crippen molar-refractivity contribution in [3.63, 3.8) is 0 Å². The monoisotopic (exact) mass is 343 g/mol. The standard InChI is InChI=1S/C15H12F3NO3S/c1-9(22-14(21)12-3-2-8-23-12)13(20)19-11-6-4-10(5-7-11)15(16,17)18/h2-9H,1H3,(H,19,20)/t9-/m1/s1. The molecule has 1 aromatic carbocycles. The zero-order valence-corrected chi connectivity index (χ0v) is 12.7. The fraction of sp³-hybridized carbons (Fsp3) is 0.200. The summed E-state index contributed by atoms with van der Waals surface area (Å²) in [5.74, 6) is -1.26. The van der Waals surface area contributed by atoms with Gasteiger partial charge in [0, 0.05) is 5.69 Å². The first kappa shape index (κ1) is 17.0. The number of thiophene rings is 1. The third kappa shape index (κ3) is 4.56. The molecule has 2 aromatic rings. The number of alkyl halides is 3. The number of ether oxygens (including phenoxy) is 1. The summed E-state index contributed by atoms with van der Waals surface area (Å²) in [6, 6.07) is 7.22. The zero-order chi connectivity index (χ0) is 17.0. The van der Waals surface area contributed by atoms with Crippen LogP contribution in [0.15, 0.2) is 41.8 Å². The normalized spacial score (nSPS) is 12.5. The van der Waals surface area contributed by atoms with E-state index in [-0.39, 0.29) is 5.69 Å². The van der Waals surface area contributed by atoms with Gasteiger partial charge in [-0.15, -0.1) is 11.3 Å². The Balaban J connectivity index is 1.94. The van der Waals surface area contributed by atoms with E-state index in [0.717, 1.165) is 24.3 Å². The van der Waals surface area contributed by atoms with Gasteiger partial charge in [-0.2, -0.15) is 13.2 Å². The molecule has 23 heavy (non-hydrogen) atoms. The van der Waals surface area contributed by atoms with Crippen molar-refractivity contribution in [1.82, 2.24) is 0 Å². The summed E-state index contributed by atoms with van der Waals surface area (Å²) in [7, 11) is 0. The van der Waals surface area contributed by atoms with Crippen molar-refractivity contribution in [3.05, 3.63) is 52.2 Å². The molecular weight excluding hydrogens is 331 g/mol. The third-order valence-electron chi connectivity index (χ3n) is 2.86. The summed E-state index contributed by atoms with van der Waals surface area (Å²) in [4.78, 5) is 24.0. The largest absolute Gasteiger partial charge is 0.448 e. The van der Waals surface area contributed by atoms with Crippen molar-refractivity contribution in [1.29, 1.82) is 0 Å². The van der Waals surface area contributed by atoms with E-state index in [1.807, 2.05) is 0 Å². The van der Waals surface area contributed by atoms with Crippen molar-refractivity contribution in [2.45, 2.75) is 19.2 Å². The van der Waals surface area contributed by atoms with Crippen LogP contribution in [-0.2, 0) is 15.7 Å². The molecule has 0 aliphatic carbocycles. The number of halogens is 3. The summed E-state index contributed by atoms with van der Waals surface area (Å²) in [5.41, 5.74) is -0.630. The number of carbonyl (C=O) groups excluding carboxylic acids is 2. The van der Waals surface area contributed by atoms with E-state index in [4.69, 9.17) is 4.74 Å². The zero-order valence-electron chi connectivity index (χ0n) is 11.9. The van der Waals surface area contributed by atoms with E-state index in [1.54, 1.807) is 17.5 Å². The van der Waals surface area contributed by atoms with Gasteiger partial charge in [0.2, 0.25) is 0 Å². The number of benzene rings is 1. The first-order valence-corrected chi connectivity index (χ1v) is 7.38. The number of anilines is 1. The number of carbonyl (C=O) groups is 2. The molecule has 0 aliphatic rings. The molecule has 0 bridgehead atoms. The predicted octanol–water partition coefficient (Wildman–Crippen LogP) is 3.95. The van der Waals surface area contributed by atoms with Gasteiger partial charge in [0.25, 0.3) is 5.91 Å². The van der Waals surface area contributed by atoms with Crippen LogP contribution in [0.25, 0.3) is 0 Å². The minimum Gasteiger partial charge on any atom is -0.448 e. The Hall–Kier alpha value is -2.35. The number of hydrogen-bond donors (Lipinski definition) is 1. The van der Waals surface area contributed by atoms with E-state index >= 15 is 0 Å². The maximum Gasteiger partial charge on any atom is 0.416 e. The van der Waals surface area contributed by atoms with Crippen molar-refractivity contribution in [2.24, 2.45) is 0 Å². The summed E-state index contributed by atoms with van der Waals surface area (Å²) in [6.45, 7) is 1.38. The first-order chi connectivity index (χ1) is 10.8. The second-order valence-corrected chi connectivity index (χ2v) is 5.54. The average Bonchev–Trinajstić information content (AvgIpc) is 3.01. The molecule has 1 atom stereocenters. The Morgan fingerprint density at radius 2 is 1.83 bits per heavy atom. The Morgan fingerprint density at radius 1 is 1.17 bits per heavy atom. The minimum atomic E-state index is -4.44. The lowest BCUT2D eigenvalue weighted by molar-refractivity contribution is -0.137. The highest BCUT2D eigenvalue weighted by molar-refractivity contribution is 7.11. The highest BCUT2D eigenvalue weighted by Gasteiger charge is 2.30. The molecule has 4 nitrogen and oxygen atoms in total. The second-order valence-electron chi connectivity index (χ2n) is 4.59. The molecule has 0 saturated carbocycles. The van der Waals surface area contributed by atoms with Gasteiger partial charge >= 0.3 is 12.1 Å². The summed E-state index contributed by atoms with van der Waals surface area (Å²) >= 11 is 1.18. The Morgan fingerprint density at radius 3 is 2.35 bits per heavy atom. The van der Waals surface area contributed by atoms with Crippen molar-refractivity contribution in [3.8, 4) is 0 Å². The van der Waals surface area contributed by atoms with Crippen LogP contribution in [-0.4, -0.2) is 18.0 Å². The van der Waals surface area contributed by atoms with Gasteiger partial charge in [0.15, 0.2) is 6.10 Å². The minimum absolute atomic E-state index is 0.182. The molecule has 2 rings (SSSR count). The molecule has 0 fully saturated rings. The fourth-order valence-electron chi connectivity index (χ4n) is 1.65. The number of rotatable bonds is 4. The Bertz CT molecular complexity index is 681. The fourth-order valence-corrected chi connectivity index (χ4v) is 2.26. The molecule has 0 radical (unpaired) electrons. The van der Waals surface area contributed by atoms with Gasteiger partial charge in [0.1, 0.15) is 4.88 Å². The summed E-state index contributed by atoms with van der Waals surface area (Å²) in [5, 5.41) is 4.09. The van der Waals surface area contributed by atoms with E-state index < -0.39 is 29.7 Å². The molecule has 1 N–H and O–H groups in total. The van der Waals surface area contributed by atoms with Crippen LogP contribution in [0.4, 0.5) is 18.9 Å². The Kier molecular flexibility index (Phi) is 5.05. The maximum atomic E-state index is 12.4. The van der Waals surface area contributed by atoms with Crippen molar-refractivity contribution >= 4 is 28.9 Å². The first-order valence-electron chi connectivity index (χ1n) is 6.50. The number of nitrogens with one attached hydrogen (secondary N) is 1. The SMILES string of the molecule is C[C@@H](OC(=O)c1cccs1)C(=O)Nc1ccc(C(F)(F)F)cc1. The van der Waals surface area contributed by atoms with Gasteiger partial charge < -0.3 is 10.1 Å². The summed E-state index contributed by atoms with van der Waals surface area (Å²) < 4.78 is 42.3. The van der Waals surface area contributed by atoms with Gasteiger partial charge in [-0.25, -0.2) is 4.79 Å². The molecule has 1 heterocycles. The summed E-state index contributed by atoms with van der Waals surface area (Å²) in [6.07, 6.45) is -5.52. The lowest BCUT2D eigenvalue weighted by Crippen LogP contribution is -2.29. The molecule has 8 heteroatoms. The van der Waals surface area contributed by atoms with Crippen LogP contribution in [0.5, 0.6) is 0 Å². The molecule has 122 valence electrons. The highest BCUT2D eigenvalue weighted by Crippen LogP contribution is 2.29. The van der Waals surface area contributed by atoms with Crippen LogP contribution in [0.2, 0.25) is 0 Å². The second kappa shape index (κ2) is 6.82. The predicted molar refractivity (Wildman–Crippen MR) is 79.3 cm³/mol. The van der Waals surface area contributed by atoms with Gasteiger partial charge in [-0.05, 0) is 42.6 Å². The number of esters is 1. The van der Waals surface area contributed by atoms with Crippen LogP contribution in [0.3, 0.4) is 0 Å². The molecule has 0 unspecified atom stereocenters. The molecule has 1 amide bonds. The quantitative estimate of drug-likeness (QED) is 0.855. The van der Waals surface area contributed by atoms with Crippen LogP contribution < -0.4 is 5.32 Å². The molecule has 0 aliphatic heterocycles. The van der Waals surface area contributed by atoms with Gasteiger partial charge in [0.05, 0.1) is 5.56 Å². The lowest BCUT2D eigenvalue weighted by atomic mass is 10.2. The highest BCUT2D eigenvalue weighted by atomic mass is 32.1. The maximum absolute atomic E-state index is 12.4. The van der Waals surface area contributed by atoms with Crippen LogP contribution in [0.1, 0.15) is 22.2 Å². The van der Waals surface area contributed by atoms with Crippen molar-refractivity contribution in [2.75, 3.05) is 5.32 Å².